The molecule has 0 fully saturated rings. The minimum Gasteiger partial charge on any atom is -0.346 e. The number of nitrogens with one attached hydrogen (secondary N) is 1. The molecule has 0 bridgehead atoms. The quantitative estimate of drug-likeness (QED) is 0.684. The number of allylic oxidation sites excluding steroid dienone is 1. The van der Waals surface area contributed by atoms with Gasteiger partial charge in [-0.3, -0.25) is 14.2 Å². The van der Waals surface area contributed by atoms with Crippen molar-refractivity contribution in [1.29, 1.82) is 0 Å². The van der Waals surface area contributed by atoms with E-state index in [-0.39, 0.29) is 11.2 Å². The van der Waals surface area contributed by atoms with Crippen LogP contribution in [0, 0.1) is 0 Å². The van der Waals surface area contributed by atoms with Crippen LogP contribution in [0.2, 0.25) is 0 Å². The second kappa shape index (κ2) is 3.88. The van der Waals surface area contributed by atoms with E-state index in [0.29, 0.717) is 12.0 Å². The summed E-state index contributed by atoms with van der Waals surface area (Å²) in [5.74, 6) is 0. The molecule has 4 heterocycles. The number of aromatic nitrogens is 2. The maximum absolute atomic E-state index is 12.6. The molecular weight excluding hydrogens is 278 g/mol. The number of anilines is 1. The Morgan fingerprint density at radius 1 is 1.09 bits per heavy atom. The van der Waals surface area contributed by atoms with Gasteiger partial charge >= 0.3 is 5.69 Å². The maximum Gasteiger partial charge on any atom is 0.333 e. The van der Waals surface area contributed by atoms with E-state index in [9.17, 15) is 9.59 Å². The summed E-state index contributed by atoms with van der Waals surface area (Å²) in [6.45, 7) is 0.831. The summed E-state index contributed by atoms with van der Waals surface area (Å²) in [5, 5.41) is 1.10. The van der Waals surface area contributed by atoms with E-state index in [4.69, 9.17) is 0 Å². The third kappa shape index (κ3) is 1.28. The zero-order chi connectivity index (χ0) is 14.8. The first-order valence-corrected chi connectivity index (χ1v) is 7.40. The highest BCUT2D eigenvalue weighted by molar-refractivity contribution is 5.99. The molecule has 5 heteroatoms. The highest BCUT2D eigenvalue weighted by Gasteiger charge is 2.27. The van der Waals surface area contributed by atoms with Crippen molar-refractivity contribution in [1.82, 2.24) is 9.38 Å². The van der Waals surface area contributed by atoms with Crippen LogP contribution in [0.5, 0.6) is 0 Å². The monoisotopic (exact) mass is 291 g/mol. The van der Waals surface area contributed by atoms with Crippen molar-refractivity contribution >= 4 is 22.1 Å². The predicted octanol–water partition coefficient (Wildman–Crippen LogP) is 1.57. The van der Waals surface area contributed by atoms with Crippen LogP contribution in [0.4, 0.5) is 5.69 Å². The summed E-state index contributed by atoms with van der Waals surface area (Å²) in [7, 11) is 0. The highest BCUT2D eigenvalue weighted by Crippen LogP contribution is 2.38. The number of benzene rings is 1. The second-order valence-electron chi connectivity index (χ2n) is 5.80. The topological polar surface area (TPSA) is 57.6 Å². The molecule has 0 radical (unpaired) electrons. The average Bonchev–Trinajstić information content (AvgIpc) is 2.83. The lowest BCUT2D eigenvalue weighted by atomic mass is 9.99. The molecule has 1 aromatic carbocycles. The van der Waals surface area contributed by atoms with E-state index in [1.165, 1.54) is 5.56 Å². The number of para-hydroxylation sites is 1. The van der Waals surface area contributed by atoms with Crippen molar-refractivity contribution in [2.75, 3.05) is 11.4 Å². The van der Waals surface area contributed by atoms with Gasteiger partial charge < -0.3 is 4.90 Å². The largest absolute Gasteiger partial charge is 0.346 e. The number of hydrogen-bond acceptors (Lipinski definition) is 3. The first kappa shape index (κ1) is 11.8. The van der Waals surface area contributed by atoms with E-state index in [0.717, 1.165) is 35.1 Å². The Hall–Kier alpha value is -2.82. The van der Waals surface area contributed by atoms with E-state index in [1.54, 1.807) is 4.40 Å². The van der Waals surface area contributed by atoms with Gasteiger partial charge in [0, 0.05) is 23.7 Å². The molecule has 108 valence electrons. The number of aromatic amines is 1. The van der Waals surface area contributed by atoms with Gasteiger partial charge in [0.05, 0.1) is 16.7 Å². The lowest BCUT2D eigenvalue weighted by molar-refractivity contribution is 0.875. The molecule has 0 unspecified atom stereocenters. The molecule has 2 aliphatic rings. The summed E-state index contributed by atoms with van der Waals surface area (Å²) in [5.41, 5.74) is 3.84. The van der Waals surface area contributed by atoms with Gasteiger partial charge in [0.1, 0.15) is 0 Å². The standard InChI is InChI=1S/C17H13N3O2/c21-16-12-5-3-8-19-9-7-11-10-4-1-2-6-13(10)20(17(22)18-16)15(11)14(12)19/h1-4,6,8H,5,7,9H2,(H,18,21,22). The fourth-order valence-corrected chi connectivity index (χ4v) is 3.79. The van der Waals surface area contributed by atoms with Crippen molar-refractivity contribution in [2.45, 2.75) is 12.8 Å². The molecule has 0 saturated carbocycles. The Kier molecular flexibility index (Phi) is 2.08. The van der Waals surface area contributed by atoms with Gasteiger partial charge in [-0.15, -0.1) is 0 Å². The third-order valence-corrected chi connectivity index (χ3v) is 4.68. The highest BCUT2D eigenvalue weighted by atomic mass is 16.2. The summed E-state index contributed by atoms with van der Waals surface area (Å²) < 4.78 is 1.66. The Balaban J connectivity index is 2.19. The Bertz CT molecular complexity index is 1100. The molecular formula is C17H13N3O2. The Morgan fingerprint density at radius 2 is 1.95 bits per heavy atom. The van der Waals surface area contributed by atoms with Gasteiger partial charge in [-0.25, -0.2) is 4.79 Å². The number of fused-ring (bicyclic) bond motifs is 3. The van der Waals surface area contributed by atoms with Crippen LogP contribution in [0.25, 0.3) is 16.4 Å². The summed E-state index contributed by atoms with van der Waals surface area (Å²) >= 11 is 0. The Labute approximate surface area is 125 Å². The molecule has 22 heavy (non-hydrogen) atoms. The summed E-state index contributed by atoms with van der Waals surface area (Å²) in [6, 6.07) is 7.90. The number of H-pyrrole nitrogens is 1. The normalized spacial score (nSPS) is 15.7. The molecule has 0 atom stereocenters. The van der Waals surface area contributed by atoms with Crippen LogP contribution in [0.15, 0.2) is 46.1 Å². The first-order chi connectivity index (χ1) is 10.8. The summed E-state index contributed by atoms with van der Waals surface area (Å²) in [6.07, 6.45) is 5.43. The minimum absolute atomic E-state index is 0.282. The molecule has 1 N–H and O–H groups in total. The third-order valence-electron chi connectivity index (χ3n) is 4.68. The van der Waals surface area contributed by atoms with Gasteiger partial charge in [-0.05, 0) is 24.5 Å². The van der Waals surface area contributed by atoms with E-state index >= 15 is 0 Å². The fraction of sp³-hybridized carbons (Fsp3) is 0.176. The SMILES string of the molecule is O=c1[nH]c(=O)n2c3c4c1CC=CN4CCc3c1ccccc12. The fourth-order valence-electron chi connectivity index (χ4n) is 3.79. The molecule has 2 aromatic heterocycles. The smallest absolute Gasteiger partial charge is 0.333 e. The van der Waals surface area contributed by atoms with Crippen molar-refractivity contribution in [3.8, 4) is 0 Å². The lowest BCUT2D eigenvalue weighted by Crippen LogP contribution is -2.28. The minimum atomic E-state index is -0.362. The second-order valence-corrected chi connectivity index (χ2v) is 5.80. The van der Waals surface area contributed by atoms with Crippen molar-refractivity contribution < 1.29 is 0 Å². The summed E-state index contributed by atoms with van der Waals surface area (Å²) in [4.78, 5) is 29.6. The average molecular weight is 291 g/mol. The van der Waals surface area contributed by atoms with Gasteiger partial charge in [0.25, 0.3) is 5.56 Å². The van der Waals surface area contributed by atoms with Crippen molar-refractivity contribution in [2.24, 2.45) is 0 Å². The van der Waals surface area contributed by atoms with Crippen LogP contribution in [0.3, 0.4) is 0 Å². The van der Waals surface area contributed by atoms with E-state index < -0.39 is 0 Å². The molecule has 3 aromatic rings. The van der Waals surface area contributed by atoms with Crippen LogP contribution in [-0.4, -0.2) is 15.9 Å². The molecule has 0 aliphatic carbocycles. The van der Waals surface area contributed by atoms with Crippen LogP contribution < -0.4 is 16.1 Å². The number of rotatable bonds is 0. The molecule has 5 rings (SSSR count). The van der Waals surface area contributed by atoms with Crippen LogP contribution in [-0.2, 0) is 12.8 Å². The maximum atomic E-state index is 12.6. The van der Waals surface area contributed by atoms with Crippen molar-refractivity contribution in [3.63, 3.8) is 0 Å². The van der Waals surface area contributed by atoms with Gasteiger partial charge in [0.15, 0.2) is 0 Å². The van der Waals surface area contributed by atoms with Gasteiger partial charge in [-0.2, -0.15) is 0 Å². The van der Waals surface area contributed by atoms with E-state index in [1.807, 2.05) is 30.5 Å². The lowest BCUT2D eigenvalue weighted by Gasteiger charge is -2.29. The molecule has 0 spiro atoms. The number of hydrogen-bond donors (Lipinski definition) is 1. The van der Waals surface area contributed by atoms with E-state index in [2.05, 4.69) is 16.0 Å². The molecule has 5 nitrogen and oxygen atoms in total. The van der Waals surface area contributed by atoms with Gasteiger partial charge in [0.2, 0.25) is 0 Å². The van der Waals surface area contributed by atoms with Crippen LogP contribution >= 0.6 is 0 Å². The zero-order valence-electron chi connectivity index (χ0n) is 11.8. The number of nitrogens with zero attached hydrogens (tertiary/aromatic N) is 2. The molecule has 0 amide bonds. The molecule has 0 saturated heterocycles. The van der Waals surface area contributed by atoms with Crippen LogP contribution in [0.1, 0.15) is 11.1 Å². The van der Waals surface area contributed by atoms with Gasteiger partial charge in [-0.1, -0.05) is 24.3 Å². The Morgan fingerprint density at radius 3 is 2.86 bits per heavy atom. The predicted molar refractivity (Wildman–Crippen MR) is 85.7 cm³/mol. The first-order valence-electron chi connectivity index (χ1n) is 7.40. The molecule has 2 aliphatic heterocycles. The van der Waals surface area contributed by atoms with Crippen molar-refractivity contribution in [3.05, 3.63) is 68.5 Å². The zero-order valence-corrected chi connectivity index (χ0v) is 11.8.